The van der Waals surface area contributed by atoms with Crippen LogP contribution in [0.2, 0.25) is 0 Å². The zero-order chi connectivity index (χ0) is 32.9. The Hall–Kier alpha value is -1.32. The van der Waals surface area contributed by atoms with Crippen LogP contribution in [-0.2, 0) is 14.3 Å². The molecule has 0 rings (SSSR count). The first kappa shape index (κ1) is 43.7. The molecule has 0 aliphatic heterocycles. The number of aliphatic carboxylic acids is 1. The number of hydrogen-bond donors (Lipinski definition) is 1. The summed E-state index contributed by atoms with van der Waals surface area (Å²) in [6, 6.07) is 0. The predicted molar refractivity (Wildman–Crippen MR) is 195 cm³/mol. The van der Waals surface area contributed by atoms with E-state index in [0.29, 0.717) is 6.42 Å². The summed E-state index contributed by atoms with van der Waals surface area (Å²) in [6.45, 7) is 4.54. The van der Waals surface area contributed by atoms with Gasteiger partial charge in [0.15, 0.2) is 0 Å². The van der Waals surface area contributed by atoms with Crippen LogP contribution in [0.1, 0.15) is 232 Å². The van der Waals surface area contributed by atoms with Crippen LogP contribution in [0.15, 0.2) is 12.2 Å². The molecule has 0 bridgehead atoms. The van der Waals surface area contributed by atoms with Crippen LogP contribution >= 0.6 is 0 Å². The normalized spacial score (nSPS) is 12.2. The summed E-state index contributed by atoms with van der Waals surface area (Å²) in [4.78, 5) is 23.3. The van der Waals surface area contributed by atoms with Gasteiger partial charge in [0.05, 0.1) is 0 Å². The number of allylic oxidation sites excluding steroid dienone is 1. The Morgan fingerprint density at radius 2 is 0.844 bits per heavy atom. The number of carboxylic acids is 1. The first-order valence-corrected chi connectivity index (χ1v) is 20.2. The Labute approximate surface area is 281 Å². The molecule has 0 aromatic rings. The number of hydrogen-bond acceptors (Lipinski definition) is 3. The summed E-state index contributed by atoms with van der Waals surface area (Å²) >= 11 is 0. The maximum Gasteiger partial charge on any atom is 0.306 e. The van der Waals surface area contributed by atoms with Crippen molar-refractivity contribution < 1.29 is 19.4 Å². The third-order valence-electron chi connectivity index (χ3n) is 9.22. The molecule has 0 aromatic heterocycles. The van der Waals surface area contributed by atoms with Crippen molar-refractivity contribution in [2.24, 2.45) is 0 Å². The lowest BCUT2D eigenvalue weighted by molar-refractivity contribution is -0.147. The van der Waals surface area contributed by atoms with Gasteiger partial charge in [0.25, 0.3) is 0 Å². The fourth-order valence-corrected chi connectivity index (χ4v) is 6.21. The van der Waals surface area contributed by atoms with Gasteiger partial charge >= 0.3 is 11.9 Å². The molecule has 45 heavy (non-hydrogen) atoms. The summed E-state index contributed by atoms with van der Waals surface area (Å²) in [5.74, 6) is -0.776. The Balaban J connectivity index is 3.81. The summed E-state index contributed by atoms with van der Waals surface area (Å²) in [5.41, 5.74) is 0. The van der Waals surface area contributed by atoms with E-state index in [1.165, 1.54) is 154 Å². The molecule has 0 aliphatic carbocycles. The largest absolute Gasteiger partial charge is 0.481 e. The van der Waals surface area contributed by atoms with Gasteiger partial charge < -0.3 is 9.84 Å². The van der Waals surface area contributed by atoms with Crippen molar-refractivity contribution in [1.29, 1.82) is 0 Å². The Morgan fingerprint density at radius 3 is 1.27 bits per heavy atom. The highest BCUT2D eigenvalue weighted by Gasteiger charge is 2.11. The highest BCUT2D eigenvalue weighted by atomic mass is 16.5. The maximum atomic E-state index is 12.6. The van der Waals surface area contributed by atoms with Gasteiger partial charge in [-0.1, -0.05) is 187 Å². The number of esters is 1. The topological polar surface area (TPSA) is 63.6 Å². The minimum Gasteiger partial charge on any atom is -0.481 e. The van der Waals surface area contributed by atoms with Crippen LogP contribution in [-0.4, -0.2) is 23.1 Å². The minimum absolute atomic E-state index is 0.0579. The summed E-state index contributed by atoms with van der Waals surface area (Å²) in [5, 5.41) is 8.82. The van der Waals surface area contributed by atoms with E-state index >= 15 is 0 Å². The smallest absolute Gasteiger partial charge is 0.306 e. The minimum atomic E-state index is -0.718. The number of carbonyl (C=O) groups is 2. The number of unbranched alkanes of at least 4 members (excludes halogenated alkanes) is 28. The molecule has 0 spiro atoms. The first-order chi connectivity index (χ1) is 22.1. The molecule has 0 aliphatic rings. The summed E-state index contributed by atoms with van der Waals surface area (Å²) in [6.07, 6.45) is 45.4. The molecular formula is C41H78O4. The van der Waals surface area contributed by atoms with E-state index in [1.807, 2.05) is 0 Å². The van der Waals surface area contributed by atoms with Gasteiger partial charge in [0, 0.05) is 12.8 Å². The van der Waals surface area contributed by atoms with Gasteiger partial charge in [-0.25, -0.2) is 0 Å². The van der Waals surface area contributed by atoms with Crippen LogP contribution < -0.4 is 0 Å². The fourth-order valence-electron chi connectivity index (χ4n) is 6.21. The third kappa shape index (κ3) is 37.0. The zero-order valence-corrected chi connectivity index (χ0v) is 30.4. The van der Waals surface area contributed by atoms with Crippen molar-refractivity contribution >= 4 is 11.9 Å². The average Bonchev–Trinajstić information content (AvgIpc) is 3.02. The SMILES string of the molecule is CCCCCCCC/C=C\C(CCCCCCC(=O)O)OC(=O)CCCCCCCCCCCCCCCCCCCCCC. The molecule has 0 saturated carbocycles. The maximum absolute atomic E-state index is 12.6. The van der Waals surface area contributed by atoms with E-state index in [1.54, 1.807) is 0 Å². The van der Waals surface area contributed by atoms with Crippen molar-refractivity contribution in [1.82, 2.24) is 0 Å². The molecule has 4 nitrogen and oxygen atoms in total. The predicted octanol–water partition coefficient (Wildman–Crippen LogP) is 13.8. The standard InChI is InChI=1S/C41H78O4/c1-3-5-7-9-11-13-14-15-16-17-18-19-20-21-22-23-24-26-28-34-38-41(44)45-39(36-32-29-30-33-37-40(42)43)35-31-27-25-12-10-8-6-4-2/h31,35,39H,3-30,32-34,36-38H2,1-2H3,(H,42,43)/b35-31-. The Kier molecular flexibility index (Phi) is 36.1. The second-order valence-electron chi connectivity index (χ2n) is 13.8. The summed E-state index contributed by atoms with van der Waals surface area (Å²) in [7, 11) is 0. The average molecular weight is 635 g/mol. The van der Waals surface area contributed by atoms with Gasteiger partial charge in [-0.3, -0.25) is 9.59 Å². The van der Waals surface area contributed by atoms with Crippen LogP contribution in [0.3, 0.4) is 0 Å². The number of ether oxygens (including phenoxy) is 1. The van der Waals surface area contributed by atoms with Crippen molar-refractivity contribution in [3.8, 4) is 0 Å². The van der Waals surface area contributed by atoms with E-state index in [0.717, 1.165) is 51.4 Å². The quantitative estimate of drug-likeness (QED) is 0.0419. The van der Waals surface area contributed by atoms with E-state index in [9.17, 15) is 9.59 Å². The van der Waals surface area contributed by atoms with Gasteiger partial charge in [0.2, 0.25) is 0 Å². The van der Waals surface area contributed by atoms with Crippen LogP contribution in [0.5, 0.6) is 0 Å². The highest BCUT2D eigenvalue weighted by Crippen LogP contribution is 2.17. The highest BCUT2D eigenvalue weighted by molar-refractivity contribution is 5.69. The summed E-state index contributed by atoms with van der Waals surface area (Å²) < 4.78 is 5.88. The molecule has 0 fully saturated rings. The molecule has 0 aromatic carbocycles. The van der Waals surface area contributed by atoms with Crippen molar-refractivity contribution in [3.63, 3.8) is 0 Å². The molecule has 0 saturated heterocycles. The molecule has 1 atom stereocenters. The number of carboxylic acid groups (broad SMARTS) is 1. The first-order valence-electron chi connectivity index (χ1n) is 20.2. The lowest BCUT2D eigenvalue weighted by atomic mass is 10.0. The monoisotopic (exact) mass is 635 g/mol. The lowest BCUT2D eigenvalue weighted by Crippen LogP contribution is -2.16. The van der Waals surface area contributed by atoms with E-state index in [4.69, 9.17) is 9.84 Å². The molecule has 1 unspecified atom stereocenters. The fraction of sp³-hybridized carbons (Fsp3) is 0.902. The van der Waals surface area contributed by atoms with E-state index in [2.05, 4.69) is 26.0 Å². The van der Waals surface area contributed by atoms with Crippen molar-refractivity contribution in [2.75, 3.05) is 0 Å². The van der Waals surface area contributed by atoms with E-state index in [-0.39, 0.29) is 18.5 Å². The van der Waals surface area contributed by atoms with Crippen molar-refractivity contribution in [3.05, 3.63) is 12.2 Å². The van der Waals surface area contributed by atoms with Gasteiger partial charge in [-0.15, -0.1) is 0 Å². The molecule has 1 N–H and O–H groups in total. The Bertz CT molecular complexity index is 643. The van der Waals surface area contributed by atoms with E-state index < -0.39 is 5.97 Å². The molecule has 266 valence electrons. The molecule has 4 heteroatoms. The van der Waals surface area contributed by atoms with Crippen LogP contribution in [0, 0.1) is 0 Å². The molecular weight excluding hydrogens is 556 g/mol. The van der Waals surface area contributed by atoms with Gasteiger partial charge in [-0.2, -0.15) is 0 Å². The van der Waals surface area contributed by atoms with Gasteiger partial charge in [-0.05, 0) is 44.6 Å². The second-order valence-corrected chi connectivity index (χ2v) is 13.8. The lowest BCUT2D eigenvalue weighted by Gasteiger charge is -2.15. The number of carbonyl (C=O) groups excluding carboxylic acids is 1. The number of rotatable bonds is 37. The third-order valence-corrected chi connectivity index (χ3v) is 9.22. The van der Waals surface area contributed by atoms with Crippen molar-refractivity contribution in [2.45, 2.75) is 238 Å². The Morgan fingerprint density at radius 1 is 0.489 bits per heavy atom. The second kappa shape index (κ2) is 37.1. The van der Waals surface area contributed by atoms with Gasteiger partial charge in [0.1, 0.15) is 6.10 Å². The van der Waals surface area contributed by atoms with Crippen LogP contribution in [0.4, 0.5) is 0 Å². The molecule has 0 amide bonds. The molecule has 0 heterocycles. The van der Waals surface area contributed by atoms with Crippen LogP contribution in [0.25, 0.3) is 0 Å². The zero-order valence-electron chi connectivity index (χ0n) is 30.4. The molecule has 0 radical (unpaired) electrons.